The van der Waals surface area contributed by atoms with Gasteiger partial charge in [-0.15, -0.1) is 0 Å². The molecule has 3 rings (SSSR count). The fourth-order valence-electron chi connectivity index (χ4n) is 3.05. The molecule has 114 valence electrons. The molecule has 0 aromatic heterocycles. The topological polar surface area (TPSA) is 69.7 Å². The van der Waals surface area contributed by atoms with Crippen molar-refractivity contribution in [1.29, 1.82) is 0 Å². The Balaban J connectivity index is 1.71. The SMILES string of the molecule is O=C(NC1CC1)C1CCCN1S(=O)(=O)N1CCCCC1. The van der Waals surface area contributed by atoms with Crippen LogP contribution in [0.2, 0.25) is 0 Å². The van der Waals surface area contributed by atoms with Crippen LogP contribution in [-0.4, -0.2) is 54.7 Å². The minimum Gasteiger partial charge on any atom is -0.352 e. The van der Waals surface area contributed by atoms with E-state index in [2.05, 4.69) is 5.32 Å². The Hall–Kier alpha value is -0.660. The van der Waals surface area contributed by atoms with Crippen molar-refractivity contribution in [3.05, 3.63) is 0 Å². The first-order valence-electron chi connectivity index (χ1n) is 7.66. The zero-order valence-corrected chi connectivity index (χ0v) is 12.6. The van der Waals surface area contributed by atoms with Gasteiger partial charge in [0.05, 0.1) is 0 Å². The summed E-state index contributed by atoms with van der Waals surface area (Å²) in [4.78, 5) is 12.2. The molecule has 2 saturated heterocycles. The number of carbonyl (C=O) groups excluding carboxylic acids is 1. The molecule has 1 unspecified atom stereocenters. The molecule has 1 aliphatic carbocycles. The van der Waals surface area contributed by atoms with Gasteiger partial charge in [0.1, 0.15) is 6.04 Å². The predicted molar refractivity (Wildman–Crippen MR) is 75.2 cm³/mol. The Morgan fingerprint density at radius 2 is 1.65 bits per heavy atom. The van der Waals surface area contributed by atoms with Crippen molar-refractivity contribution < 1.29 is 13.2 Å². The van der Waals surface area contributed by atoms with E-state index in [4.69, 9.17) is 0 Å². The van der Waals surface area contributed by atoms with Crippen molar-refractivity contribution >= 4 is 16.1 Å². The largest absolute Gasteiger partial charge is 0.352 e. The number of hydrogen-bond donors (Lipinski definition) is 1. The molecule has 0 bridgehead atoms. The summed E-state index contributed by atoms with van der Waals surface area (Å²) in [6.45, 7) is 1.66. The first-order valence-corrected chi connectivity index (χ1v) is 9.06. The van der Waals surface area contributed by atoms with Crippen LogP contribution in [0, 0.1) is 0 Å². The summed E-state index contributed by atoms with van der Waals surface area (Å²) in [6.07, 6.45) is 6.41. The summed E-state index contributed by atoms with van der Waals surface area (Å²) in [5.74, 6) is -0.106. The lowest BCUT2D eigenvalue weighted by molar-refractivity contribution is -0.124. The molecular weight excluding hydrogens is 278 g/mol. The van der Waals surface area contributed by atoms with Crippen LogP contribution < -0.4 is 5.32 Å². The number of amides is 1. The minimum atomic E-state index is -3.47. The molecule has 0 aromatic carbocycles. The van der Waals surface area contributed by atoms with Gasteiger partial charge in [-0.25, -0.2) is 0 Å². The molecule has 6 nitrogen and oxygen atoms in total. The molecule has 0 radical (unpaired) electrons. The van der Waals surface area contributed by atoms with E-state index < -0.39 is 16.3 Å². The predicted octanol–water partition coefficient (Wildman–Crippen LogP) is 0.460. The maximum atomic E-state index is 12.7. The summed E-state index contributed by atoms with van der Waals surface area (Å²) < 4.78 is 28.3. The maximum absolute atomic E-state index is 12.7. The van der Waals surface area contributed by atoms with Gasteiger partial charge in [0.25, 0.3) is 10.2 Å². The summed E-state index contributed by atoms with van der Waals surface area (Å²) in [5, 5.41) is 2.94. The van der Waals surface area contributed by atoms with Crippen molar-refractivity contribution in [2.75, 3.05) is 19.6 Å². The maximum Gasteiger partial charge on any atom is 0.282 e. The van der Waals surface area contributed by atoms with E-state index >= 15 is 0 Å². The number of carbonyl (C=O) groups is 1. The van der Waals surface area contributed by atoms with Gasteiger partial charge in [0.2, 0.25) is 5.91 Å². The molecule has 1 atom stereocenters. The summed E-state index contributed by atoms with van der Waals surface area (Å²) in [5.41, 5.74) is 0. The highest BCUT2D eigenvalue weighted by Crippen LogP contribution is 2.27. The zero-order valence-electron chi connectivity index (χ0n) is 11.8. The van der Waals surface area contributed by atoms with Gasteiger partial charge in [-0.3, -0.25) is 4.79 Å². The molecule has 7 heteroatoms. The first-order chi connectivity index (χ1) is 9.59. The molecule has 20 heavy (non-hydrogen) atoms. The van der Waals surface area contributed by atoms with Crippen LogP contribution >= 0.6 is 0 Å². The lowest BCUT2D eigenvalue weighted by atomic mass is 10.2. The van der Waals surface area contributed by atoms with E-state index in [0.717, 1.165) is 38.5 Å². The number of piperidine rings is 1. The van der Waals surface area contributed by atoms with Crippen molar-refractivity contribution in [2.24, 2.45) is 0 Å². The van der Waals surface area contributed by atoms with Crippen molar-refractivity contribution in [3.63, 3.8) is 0 Å². The molecule has 2 aliphatic heterocycles. The Labute approximate surface area is 120 Å². The fraction of sp³-hybridized carbons (Fsp3) is 0.923. The number of rotatable bonds is 4. The van der Waals surface area contributed by atoms with Crippen LogP contribution in [0.3, 0.4) is 0 Å². The Kier molecular flexibility index (Phi) is 4.01. The molecule has 3 fully saturated rings. The second-order valence-electron chi connectivity index (χ2n) is 6.02. The average molecular weight is 301 g/mol. The van der Waals surface area contributed by atoms with Gasteiger partial charge in [-0.1, -0.05) is 6.42 Å². The molecule has 1 saturated carbocycles. The summed E-state index contributed by atoms with van der Waals surface area (Å²) >= 11 is 0. The van der Waals surface area contributed by atoms with Gasteiger partial charge < -0.3 is 5.32 Å². The molecule has 3 aliphatic rings. The van der Waals surface area contributed by atoms with Gasteiger partial charge in [0, 0.05) is 25.7 Å². The van der Waals surface area contributed by atoms with Crippen LogP contribution in [0.5, 0.6) is 0 Å². The van der Waals surface area contributed by atoms with Crippen molar-refractivity contribution in [3.8, 4) is 0 Å². The third kappa shape index (κ3) is 2.84. The standard InChI is InChI=1S/C13H23N3O3S/c17-13(14-11-6-7-11)12-5-4-10-16(12)20(18,19)15-8-2-1-3-9-15/h11-12H,1-10H2,(H,14,17). The molecule has 2 heterocycles. The molecule has 1 amide bonds. The Bertz CT molecular complexity index is 469. The lowest BCUT2D eigenvalue weighted by Crippen LogP contribution is -2.52. The van der Waals surface area contributed by atoms with Crippen molar-refractivity contribution in [1.82, 2.24) is 13.9 Å². The van der Waals surface area contributed by atoms with Crippen LogP contribution in [0.15, 0.2) is 0 Å². The van der Waals surface area contributed by atoms with E-state index in [1.54, 1.807) is 4.31 Å². The van der Waals surface area contributed by atoms with E-state index in [9.17, 15) is 13.2 Å². The van der Waals surface area contributed by atoms with Crippen LogP contribution in [0.1, 0.15) is 44.9 Å². The van der Waals surface area contributed by atoms with Crippen LogP contribution in [0.25, 0.3) is 0 Å². The van der Waals surface area contributed by atoms with Gasteiger partial charge in [-0.2, -0.15) is 17.0 Å². The van der Waals surface area contributed by atoms with E-state index in [1.165, 1.54) is 4.31 Å². The molecule has 1 N–H and O–H groups in total. The number of nitrogens with one attached hydrogen (secondary N) is 1. The number of hydrogen-bond acceptors (Lipinski definition) is 3. The van der Waals surface area contributed by atoms with Crippen molar-refractivity contribution in [2.45, 2.75) is 57.0 Å². The smallest absolute Gasteiger partial charge is 0.282 e. The summed E-state index contributed by atoms with van der Waals surface area (Å²) in [7, 11) is -3.47. The highest BCUT2D eigenvalue weighted by molar-refractivity contribution is 7.86. The molecule has 0 aromatic rings. The highest BCUT2D eigenvalue weighted by Gasteiger charge is 2.42. The summed E-state index contributed by atoms with van der Waals surface area (Å²) in [6, 6.07) is -0.217. The highest BCUT2D eigenvalue weighted by atomic mass is 32.2. The molecular formula is C13H23N3O3S. The fourth-order valence-corrected chi connectivity index (χ4v) is 4.95. The second-order valence-corrected chi connectivity index (χ2v) is 7.90. The third-order valence-electron chi connectivity index (χ3n) is 4.37. The monoisotopic (exact) mass is 301 g/mol. The average Bonchev–Trinajstić information content (AvgIpc) is 3.11. The van der Waals surface area contributed by atoms with Crippen LogP contribution in [0.4, 0.5) is 0 Å². The molecule has 0 spiro atoms. The van der Waals surface area contributed by atoms with E-state index in [0.29, 0.717) is 26.1 Å². The van der Waals surface area contributed by atoms with Gasteiger partial charge >= 0.3 is 0 Å². The number of nitrogens with zero attached hydrogens (tertiary/aromatic N) is 2. The van der Waals surface area contributed by atoms with Crippen LogP contribution in [-0.2, 0) is 15.0 Å². The Morgan fingerprint density at radius 3 is 2.30 bits per heavy atom. The van der Waals surface area contributed by atoms with E-state index in [-0.39, 0.29) is 11.9 Å². The Morgan fingerprint density at radius 1 is 0.950 bits per heavy atom. The quantitative estimate of drug-likeness (QED) is 0.820. The third-order valence-corrected chi connectivity index (χ3v) is 6.42. The van der Waals surface area contributed by atoms with Gasteiger partial charge in [-0.05, 0) is 38.5 Å². The van der Waals surface area contributed by atoms with Gasteiger partial charge in [0.15, 0.2) is 0 Å². The second kappa shape index (κ2) is 5.61. The van der Waals surface area contributed by atoms with E-state index in [1.807, 2.05) is 0 Å². The zero-order chi connectivity index (χ0) is 14.2. The first kappa shape index (κ1) is 14.3. The normalized spacial score (nSPS) is 29.5. The lowest BCUT2D eigenvalue weighted by Gasteiger charge is -2.32. The minimum absolute atomic E-state index is 0.106.